The van der Waals surface area contributed by atoms with Crippen molar-refractivity contribution in [2.24, 2.45) is 0 Å². The van der Waals surface area contributed by atoms with Gasteiger partial charge in [0.05, 0.1) is 27.1 Å². The number of rotatable bonds is 18. The third-order valence-corrected chi connectivity index (χ3v) is 5.85. The number of hydrogen-bond acceptors (Lipinski definition) is 5. The Morgan fingerprint density at radius 2 is 1.31 bits per heavy atom. The second-order valence-corrected chi connectivity index (χ2v) is 9.94. The molecule has 200 valence electrons. The normalized spacial score (nSPS) is 12.8. The Hall–Kier alpha value is -2.45. The first kappa shape index (κ1) is 32.5. The first-order chi connectivity index (χ1) is 16.4. The van der Waals surface area contributed by atoms with Crippen LogP contribution < -0.4 is 5.11 Å². The van der Waals surface area contributed by atoms with Crippen molar-refractivity contribution in [3.8, 4) is 0 Å². The molecule has 0 aromatic heterocycles. The molecule has 35 heavy (non-hydrogen) atoms. The number of carboxylic acid groups (broad SMARTS) is 3. The smallest absolute Gasteiger partial charge is 0.336 e. The summed E-state index contributed by atoms with van der Waals surface area (Å²) in [4.78, 5) is 30.3. The van der Waals surface area contributed by atoms with Crippen LogP contribution in [0.1, 0.15) is 89.5 Å². The average molecular weight is 496 g/mol. The van der Waals surface area contributed by atoms with E-state index in [1.807, 2.05) is 0 Å². The molecule has 1 atom stereocenters. The highest BCUT2D eigenvalue weighted by Crippen LogP contribution is 2.15. The zero-order valence-electron chi connectivity index (χ0n) is 21.7. The number of aliphatic hydroxyl groups is 1. The molecule has 0 fully saturated rings. The number of quaternary nitrogens is 1. The van der Waals surface area contributed by atoms with Crippen LogP contribution in [0.4, 0.5) is 0 Å². The van der Waals surface area contributed by atoms with Crippen molar-refractivity contribution < 1.29 is 39.3 Å². The molecule has 1 unspecified atom stereocenters. The molecule has 0 heterocycles. The summed E-state index contributed by atoms with van der Waals surface area (Å²) in [6, 6.07) is 10.9. The molecule has 0 spiro atoms. The number of carbonyl (C=O) groups is 3. The molecule has 1 aromatic carbocycles. The summed E-state index contributed by atoms with van der Waals surface area (Å²) in [5.41, 5.74) is -1.34. The van der Waals surface area contributed by atoms with E-state index in [0.717, 1.165) is 11.0 Å². The van der Waals surface area contributed by atoms with Crippen LogP contribution in [0, 0.1) is 0 Å². The van der Waals surface area contributed by atoms with E-state index in [1.165, 1.54) is 76.3 Å². The van der Waals surface area contributed by atoms with Gasteiger partial charge in [-0.25, -0.2) is 4.79 Å². The fourth-order valence-corrected chi connectivity index (χ4v) is 3.89. The highest BCUT2D eigenvalue weighted by molar-refractivity contribution is 5.87. The first-order valence-corrected chi connectivity index (χ1v) is 12.6. The third kappa shape index (κ3) is 17.6. The molecule has 0 amide bonds. The van der Waals surface area contributed by atoms with E-state index in [4.69, 9.17) is 15.3 Å². The topological polar surface area (TPSA) is 135 Å². The lowest BCUT2D eigenvalue weighted by Crippen LogP contribution is -2.45. The molecule has 0 radical (unpaired) electrons. The van der Waals surface area contributed by atoms with E-state index in [2.05, 4.69) is 51.4 Å². The largest absolute Gasteiger partial charge is 0.550 e. The van der Waals surface area contributed by atoms with Crippen molar-refractivity contribution in [3.05, 3.63) is 35.9 Å². The number of carboxylic acids is 3. The van der Waals surface area contributed by atoms with Crippen molar-refractivity contribution >= 4 is 17.9 Å². The third-order valence-electron chi connectivity index (χ3n) is 5.85. The lowest BCUT2D eigenvalue weighted by molar-refractivity contribution is -0.903. The average Bonchev–Trinajstić information content (AvgIpc) is 2.74. The summed E-state index contributed by atoms with van der Waals surface area (Å²) in [6.45, 7) is 4.74. The molecular weight excluding hydrogens is 450 g/mol. The van der Waals surface area contributed by atoms with E-state index < -0.39 is 36.4 Å². The van der Waals surface area contributed by atoms with Crippen molar-refractivity contribution in [2.75, 3.05) is 20.6 Å². The minimum absolute atomic E-state index is 1.11. The molecule has 1 rings (SSSR count). The van der Waals surface area contributed by atoms with Gasteiger partial charge in [0, 0.05) is 18.0 Å². The molecule has 0 aliphatic heterocycles. The van der Waals surface area contributed by atoms with Gasteiger partial charge in [0.1, 0.15) is 6.54 Å². The minimum Gasteiger partial charge on any atom is -0.550 e. The highest BCUT2D eigenvalue weighted by atomic mass is 16.4. The fourth-order valence-electron chi connectivity index (χ4n) is 3.89. The predicted molar refractivity (Wildman–Crippen MR) is 133 cm³/mol. The van der Waals surface area contributed by atoms with Gasteiger partial charge in [0.25, 0.3) is 0 Å². The van der Waals surface area contributed by atoms with Gasteiger partial charge in [-0.3, -0.25) is 4.79 Å². The summed E-state index contributed by atoms with van der Waals surface area (Å²) < 4.78 is 1.11. The van der Waals surface area contributed by atoms with Gasteiger partial charge in [0.15, 0.2) is 5.60 Å². The summed E-state index contributed by atoms with van der Waals surface area (Å²) in [6.07, 6.45) is 11.8. The van der Waals surface area contributed by atoms with E-state index in [0.29, 0.717) is 0 Å². The molecule has 8 heteroatoms. The van der Waals surface area contributed by atoms with Crippen molar-refractivity contribution in [1.82, 2.24) is 0 Å². The van der Waals surface area contributed by atoms with Gasteiger partial charge >= 0.3 is 11.9 Å². The molecule has 0 bridgehead atoms. The number of unbranched alkanes of at least 4 members (excludes halogenated alkanes) is 9. The van der Waals surface area contributed by atoms with Crippen molar-refractivity contribution in [3.63, 3.8) is 0 Å². The second kappa shape index (κ2) is 17.9. The van der Waals surface area contributed by atoms with Gasteiger partial charge in [-0.15, -0.1) is 0 Å². The molecule has 0 aliphatic rings. The number of benzene rings is 1. The summed E-state index contributed by atoms with van der Waals surface area (Å²) in [5.74, 6) is -5.34. The van der Waals surface area contributed by atoms with Crippen LogP contribution in [-0.2, 0) is 20.9 Å². The Bertz CT molecular complexity index is 718. The van der Waals surface area contributed by atoms with Crippen LogP contribution in [0.15, 0.2) is 30.3 Å². The molecular formula is C27H45NO7. The van der Waals surface area contributed by atoms with Gasteiger partial charge in [-0.05, 0) is 12.8 Å². The SMILES string of the molecule is CCCCCCCCCCCC[N+](C)(C)Cc1ccccc1.O=C([O-])CC(O)(CC(=O)O)C(=O)O. The quantitative estimate of drug-likeness (QED) is 0.209. The van der Waals surface area contributed by atoms with Crippen LogP contribution in [0.3, 0.4) is 0 Å². The standard InChI is InChI=1S/C21H38N.C6H8O7/c1-4-5-6-7-8-9-10-11-12-16-19-22(2,3)20-21-17-14-13-15-18-21;7-3(8)1-6(13,5(11)12)2-4(9)10/h13-15,17-18H,4-12,16,19-20H2,1-3H3;13H,1-2H2,(H,7,8)(H,9,10)(H,11,12)/q+1;/p-1. The lowest BCUT2D eigenvalue weighted by atomic mass is 9.96. The second-order valence-electron chi connectivity index (χ2n) is 9.94. The summed E-state index contributed by atoms with van der Waals surface area (Å²) in [7, 11) is 4.72. The molecule has 0 aliphatic carbocycles. The highest BCUT2D eigenvalue weighted by Gasteiger charge is 2.38. The maximum Gasteiger partial charge on any atom is 0.336 e. The molecule has 8 nitrogen and oxygen atoms in total. The minimum atomic E-state index is -2.80. The lowest BCUT2D eigenvalue weighted by Gasteiger charge is -2.30. The van der Waals surface area contributed by atoms with Crippen LogP contribution >= 0.6 is 0 Å². The Labute approximate surface area is 210 Å². The zero-order valence-corrected chi connectivity index (χ0v) is 21.7. The monoisotopic (exact) mass is 495 g/mol. The number of nitrogens with zero attached hydrogens (tertiary/aromatic N) is 1. The maximum absolute atomic E-state index is 10.3. The van der Waals surface area contributed by atoms with E-state index in [9.17, 15) is 19.5 Å². The Morgan fingerprint density at radius 3 is 1.74 bits per heavy atom. The number of carbonyl (C=O) groups excluding carboxylic acids is 1. The Balaban J connectivity index is 0.000000761. The van der Waals surface area contributed by atoms with Crippen LogP contribution in [0.2, 0.25) is 0 Å². The zero-order chi connectivity index (χ0) is 26.7. The van der Waals surface area contributed by atoms with Gasteiger partial charge in [0.2, 0.25) is 0 Å². The van der Waals surface area contributed by atoms with Gasteiger partial charge in [-0.1, -0.05) is 88.6 Å². The van der Waals surface area contributed by atoms with Gasteiger partial charge in [-0.2, -0.15) is 0 Å². The fraction of sp³-hybridized carbons (Fsp3) is 0.667. The van der Waals surface area contributed by atoms with Crippen LogP contribution in [0.5, 0.6) is 0 Å². The van der Waals surface area contributed by atoms with Gasteiger partial charge < -0.3 is 29.7 Å². The summed E-state index contributed by atoms with van der Waals surface area (Å²) in [5, 5.41) is 35.5. The molecule has 3 N–H and O–H groups in total. The first-order valence-electron chi connectivity index (χ1n) is 12.6. The summed E-state index contributed by atoms with van der Waals surface area (Å²) >= 11 is 0. The molecule has 1 aromatic rings. The van der Waals surface area contributed by atoms with Crippen molar-refractivity contribution in [1.29, 1.82) is 0 Å². The van der Waals surface area contributed by atoms with E-state index in [-0.39, 0.29) is 0 Å². The Kier molecular flexibility index (Phi) is 16.7. The molecule has 0 saturated heterocycles. The number of aliphatic carboxylic acids is 3. The number of hydrogen-bond donors (Lipinski definition) is 3. The van der Waals surface area contributed by atoms with E-state index >= 15 is 0 Å². The van der Waals surface area contributed by atoms with Crippen LogP contribution in [0.25, 0.3) is 0 Å². The Morgan fingerprint density at radius 1 is 0.829 bits per heavy atom. The molecule has 0 saturated carbocycles. The van der Waals surface area contributed by atoms with Crippen molar-refractivity contribution in [2.45, 2.75) is 96.1 Å². The predicted octanol–water partition coefficient (Wildman–Crippen LogP) is 3.60. The van der Waals surface area contributed by atoms with E-state index in [1.54, 1.807) is 0 Å². The maximum atomic E-state index is 10.3. The van der Waals surface area contributed by atoms with Crippen LogP contribution in [-0.4, -0.2) is 64.0 Å².